The lowest BCUT2D eigenvalue weighted by Gasteiger charge is -2.15. The van der Waals surface area contributed by atoms with E-state index in [2.05, 4.69) is 158 Å². The first-order valence-electron chi connectivity index (χ1n) is 18.5. The number of benzene rings is 9. The van der Waals surface area contributed by atoms with Gasteiger partial charge in [-0.05, 0) is 78.8 Å². The highest BCUT2D eigenvalue weighted by Gasteiger charge is 2.20. The van der Waals surface area contributed by atoms with Gasteiger partial charge in [-0.2, -0.15) is 0 Å². The Morgan fingerprint density at radius 3 is 1.60 bits per heavy atom. The molecular formula is C51H31N3O. The minimum absolute atomic E-state index is 0.561. The predicted molar refractivity (Wildman–Crippen MR) is 227 cm³/mol. The molecule has 0 spiro atoms. The third-order valence-electron chi connectivity index (χ3n) is 10.8. The fraction of sp³-hybridized carbons (Fsp3) is 0. The summed E-state index contributed by atoms with van der Waals surface area (Å²) in [5.41, 5.74) is 8.92. The maximum Gasteiger partial charge on any atom is 0.167 e. The summed E-state index contributed by atoms with van der Waals surface area (Å²) in [6.07, 6.45) is 0. The molecule has 11 rings (SSSR count). The van der Waals surface area contributed by atoms with Crippen LogP contribution in [0.15, 0.2) is 192 Å². The van der Waals surface area contributed by atoms with Crippen LogP contribution in [0.1, 0.15) is 0 Å². The summed E-state index contributed by atoms with van der Waals surface area (Å²) in [5.74, 6) is 1.76. The molecule has 2 aromatic heterocycles. The molecule has 0 fully saturated rings. The molecule has 0 bridgehead atoms. The zero-order valence-electron chi connectivity index (χ0n) is 29.6. The number of nitrogens with zero attached hydrogens (tertiary/aromatic N) is 3. The lowest BCUT2D eigenvalue weighted by Crippen LogP contribution is -2.01. The lowest BCUT2D eigenvalue weighted by atomic mass is 9.89. The van der Waals surface area contributed by atoms with Gasteiger partial charge in [-0.1, -0.05) is 164 Å². The van der Waals surface area contributed by atoms with Crippen molar-refractivity contribution in [3.63, 3.8) is 0 Å². The van der Waals surface area contributed by atoms with Crippen molar-refractivity contribution < 1.29 is 4.42 Å². The number of hydrogen-bond acceptors (Lipinski definition) is 4. The second-order valence-electron chi connectivity index (χ2n) is 13.9. The van der Waals surface area contributed by atoms with Crippen molar-refractivity contribution in [2.45, 2.75) is 0 Å². The summed E-state index contributed by atoms with van der Waals surface area (Å²) in [5, 5.41) is 9.24. The van der Waals surface area contributed by atoms with E-state index in [9.17, 15) is 0 Å². The molecule has 0 aliphatic carbocycles. The van der Waals surface area contributed by atoms with E-state index in [0.29, 0.717) is 17.5 Å². The smallest absolute Gasteiger partial charge is 0.167 e. The van der Waals surface area contributed by atoms with Crippen LogP contribution >= 0.6 is 0 Å². The topological polar surface area (TPSA) is 51.8 Å². The summed E-state index contributed by atoms with van der Waals surface area (Å²) in [6.45, 7) is 0. The van der Waals surface area contributed by atoms with E-state index in [0.717, 1.165) is 60.5 Å². The van der Waals surface area contributed by atoms with Crippen LogP contribution in [-0.4, -0.2) is 15.0 Å². The minimum Gasteiger partial charge on any atom is -0.455 e. The summed E-state index contributed by atoms with van der Waals surface area (Å²) in [6, 6.07) is 65.8. The van der Waals surface area contributed by atoms with Crippen LogP contribution < -0.4 is 0 Å². The zero-order valence-corrected chi connectivity index (χ0v) is 29.6. The summed E-state index contributed by atoms with van der Waals surface area (Å²) >= 11 is 0. The third-order valence-corrected chi connectivity index (χ3v) is 10.8. The van der Waals surface area contributed by atoms with E-state index in [-0.39, 0.29) is 0 Å². The zero-order chi connectivity index (χ0) is 36.3. The van der Waals surface area contributed by atoms with E-state index in [1.165, 1.54) is 32.7 Å². The van der Waals surface area contributed by atoms with Gasteiger partial charge in [0.25, 0.3) is 0 Å². The fourth-order valence-corrected chi connectivity index (χ4v) is 8.12. The Hall–Kier alpha value is -7.43. The third kappa shape index (κ3) is 5.19. The molecule has 55 heavy (non-hydrogen) atoms. The van der Waals surface area contributed by atoms with Crippen molar-refractivity contribution in [3.05, 3.63) is 188 Å². The lowest BCUT2D eigenvalue weighted by molar-refractivity contribution is 0.669. The van der Waals surface area contributed by atoms with E-state index in [4.69, 9.17) is 19.4 Å². The normalized spacial score (nSPS) is 11.6. The van der Waals surface area contributed by atoms with Gasteiger partial charge in [-0.3, -0.25) is 0 Å². The second kappa shape index (κ2) is 12.6. The van der Waals surface area contributed by atoms with Crippen molar-refractivity contribution >= 4 is 54.3 Å². The molecule has 0 amide bonds. The van der Waals surface area contributed by atoms with Crippen LogP contribution in [0, 0.1) is 0 Å². The number of para-hydroxylation sites is 2. The maximum absolute atomic E-state index is 6.49. The van der Waals surface area contributed by atoms with E-state index in [1.807, 2.05) is 30.3 Å². The van der Waals surface area contributed by atoms with Crippen LogP contribution in [0.25, 0.3) is 111 Å². The molecule has 0 aliphatic rings. The molecule has 0 atom stereocenters. The van der Waals surface area contributed by atoms with Gasteiger partial charge < -0.3 is 4.42 Å². The van der Waals surface area contributed by atoms with Gasteiger partial charge in [-0.15, -0.1) is 0 Å². The Morgan fingerprint density at radius 1 is 0.291 bits per heavy atom. The monoisotopic (exact) mass is 701 g/mol. The van der Waals surface area contributed by atoms with Gasteiger partial charge in [0.15, 0.2) is 17.5 Å². The number of furan rings is 1. The van der Waals surface area contributed by atoms with Gasteiger partial charge >= 0.3 is 0 Å². The Morgan fingerprint density at radius 2 is 0.818 bits per heavy atom. The average Bonchev–Trinajstić information content (AvgIpc) is 3.65. The number of hydrogen-bond donors (Lipinski definition) is 0. The SMILES string of the molecule is c1ccc(-c2ccc(-c3nc(-c4ccc(-c5cc6ccccc6c6ccccc56)c5ccccc45)nc(-c4cccc5c4oc4ccccc45)n3)cc2)cc1. The summed E-state index contributed by atoms with van der Waals surface area (Å²) in [7, 11) is 0. The predicted octanol–water partition coefficient (Wildman–Crippen LogP) is 13.6. The van der Waals surface area contributed by atoms with E-state index >= 15 is 0 Å². The number of fused-ring (bicyclic) bond motifs is 7. The molecule has 0 saturated carbocycles. The van der Waals surface area contributed by atoms with Gasteiger partial charge in [-0.25, -0.2) is 15.0 Å². The molecule has 0 radical (unpaired) electrons. The minimum atomic E-state index is 0.561. The highest BCUT2D eigenvalue weighted by atomic mass is 16.3. The second-order valence-corrected chi connectivity index (χ2v) is 13.9. The molecule has 4 heteroatoms. The van der Waals surface area contributed by atoms with Gasteiger partial charge in [0.05, 0.1) is 5.56 Å². The highest BCUT2D eigenvalue weighted by Crippen LogP contribution is 2.41. The molecule has 0 unspecified atom stereocenters. The quantitative estimate of drug-likeness (QED) is 0.168. The number of aromatic nitrogens is 3. The van der Waals surface area contributed by atoms with Crippen LogP contribution in [-0.2, 0) is 0 Å². The molecule has 0 saturated heterocycles. The van der Waals surface area contributed by atoms with Gasteiger partial charge in [0.2, 0.25) is 0 Å². The first-order valence-corrected chi connectivity index (χ1v) is 18.5. The summed E-state index contributed by atoms with van der Waals surface area (Å²) in [4.78, 5) is 15.6. The molecular weight excluding hydrogens is 671 g/mol. The Balaban J connectivity index is 1.13. The van der Waals surface area contributed by atoms with Crippen molar-refractivity contribution in [2.75, 3.05) is 0 Å². The molecule has 0 aliphatic heterocycles. The standard InChI is InChI=1S/C51H31N3O/c1-2-13-32(14-3-1)33-25-27-34(28-26-33)49-52-50(54-51(53-49)45-23-12-22-43-42-21-10-11-24-47(42)55-48(43)45)44-30-29-41(38-18-7-8-19-39(38)44)46-31-35-15-4-5-16-36(35)37-17-6-9-20-40(37)46/h1-31H. The molecule has 256 valence electrons. The first-order chi connectivity index (χ1) is 27.3. The van der Waals surface area contributed by atoms with Crippen molar-refractivity contribution in [1.29, 1.82) is 0 Å². The molecule has 0 N–H and O–H groups in total. The highest BCUT2D eigenvalue weighted by molar-refractivity contribution is 6.17. The molecule has 2 heterocycles. The molecule has 9 aromatic carbocycles. The Bertz CT molecular complexity index is 3260. The first kappa shape index (κ1) is 31.1. The van der Waals surface area contributed by atoms with Crippen molar-refractivity contribution in [3.8, 4) is 56.4 Å². The van der Waals surface area contributed by atoms with E-state index in [1.54, 1.807) is 0 Å². The van der Waals surface area contributed by atoms with Crippen molar-refractivity contribution in [1.82, 2.24) is 15.0 Å². The largest absolute Gasteiger partial charge is 0.455 e. The Labute approximate surface area is 317 Å². The number of rotatable bonds is 5. The van der Waals surface area contributed by atoms with Crippen LogP contribution in [0.3, 0.4) is 0 Å². The van der Waals surface area contributed by atoms with Crippen LogP contribution in [0.5, 0.6) is 0 Å². The van der Waals surface area contributed by atoms with E-state index < -0.39 is 0 Å². The average molecular weight is 702 g/mol. The maximum atomic E-state index is 6.49. The fourth-order valence-electron chi connectivity index (χ4n) is 8.12. The van der Waals surface area contributed by atoms with Crippen molar-refractivity contribution in [2.24, 2.45) is 0 Å². The van der Waals surface area contributed by atoms with Gasteiger partial charge in [0.1, 0.15) is 11.2 Å². The van der Waals surface area contributed by atoms with Gasteiger partial charge in [0, 0.05) is 21.9 Å². The van der Waals surface area contributed by atoms with Crippen LogP contribution in [0.4, 0.5) is 0 Å². The molecule has 4 nitrogen and oxygen atoms in total. The Kier molecular flexibility index (Phi) is 7.14. The van der Waals surface area contributed by atoms with Crippen LogP contribution in [0.2, 0.25) is 0 Å². The molecule has 11 aromatic rings. The summed E-state index contributed by atoms with van der Waals surface area (Å²) < 4.78 is 6.49.